The lowest BCUT2D eigenvalue weighted by Crippen LogP contribution is -2.00. The summed E-state index contributed by atoms with van der Waals surface area (Å²) in [6.45, 7) is 3.07. The second kappa shape index (κ2) is 6.43. The van der Waals surface area contributed by atoms with E-state index in [4.69, 9.17) is 16.3 Å². The molecule has 0 amide bonds. The molecule has 2 rings (SSSR count). The number of anilines is 1. The highest BCUT2D eigenvalue weighted by Crippen LogP contribution is 2.19. The quantitative estimate of drug-likeness (QED) is 0.871. The van der Waals surface area contributed by atoms with Crippen molar-refractivity contribution in [3.8, 4) is 5.75 Å². The average Bonchev–Trinajstić information content (AvgIpc) is 2.36. The van der Waals surface area contributed by atoms with Gasteiger partial charge in [0.05, 0.1) is 6.61 Å². The molecule has 19 heavy (non-hydrogen) atoms. The zero-order valence-electron chi connectivity index (χ0n) is 10.6. The summed E-state index contributed by atoms with van der Waals surface area (Å²) >= 11 is 5.81. The second-order valence-electron chi connectivity index (χ2n) is 4.09. The van der Waals surface area contributed by atoms with Crippen molar-refractivity contribution in [2.24, 2.45) is 0 Å². The molecule has 4 heteroatoms. The minimum Gasteiger partial charge on any atom is -0.494 e. The summed E-state index contributed by atoms with van der Waals surface area (Å²) in [5, 5.41) is 3.61. The minimum atomic E-state index is -0.327. The van der Waals surface area contributed by atoms with Crippen LogP contribution in [0.3, 0.4) is 0 Å². The Kier molecular flexibility index (Phi) is 4.63. The van der Waals surface area contributed by atoms with Crippen LogP contribution < -0.4 is 10.1 Å². The SMILES string of the molecule is CCOc1cccc(NCc2cc(F)cc(Cl)c2)c1. The molecule has 0 atom stereocenters. The molecule has 2 aromatic carbocycles. The van der Waals surface area contributed by atoms with Gasteiger partial charge in [0.1, 0.15) is 11.6 Å². The maximum atomic E-state index is 13.2. The largest absolute Gasteiger partial charge is 0.494 e. The lowest BCUT2D eigenvalue weighted by Gasteiger charge is -2.09. The van der Waals surface area contributed by atoms with Gasteiger partial charge in [-0.05, 0) is 42.8 Å². The molecule has 1 N–H and O–H groups in total. The molecule has 0 fully saturated rings. The van der Waals surface area contributed by atoms with Gasteiger partial charge in [-0.2, -0.15) is 0 Å². The molecule has 0 heterocycles. The first kappa shape index (κ1) is 13.7. The van der Waals surface area contributed by atoms with E-state index in [0.717, 1.165) is 17.0 Å². The first-order valence-electron chi connectivity index (χ1n) is 6.09. The molecule has 0 saturated carbocycles. The van der Waals surface area contributed by atoms with Gasteiger partial charge in [-0.1, -0.05) is 17.7 Å². The molecule has 0 spiro atoms. The maximum Gasteiger partial charge on any atom is 0.125 e. The highest BCUT2D eigenvalue weighted by molar-refractivity contribution is 6.30. The summed E-state index contributed by atoms with van der Waals surface area (Å²) in [7, 11) is 0. The fraction of sp³-hybridized carbons (Fsp3) is 0.200. The Hall–Kier alpha value is -1.74. The number of nitrogens with one attached hydrogen (secondary N) is 1. The van der Waals surface area contributed by atoms with Crippen LogP contribution in [0, 0.1) is 5.82 Å². The van der Waals surface area contributed by atoms with Crippen LogP contribution in [0.4, 0.5) is 10.1 Å². The van der Waals surface area contributed by atoms with E-state index < -0.39 is 0 Å². The summed E-state index contributed by atoms with van der Waals surface area (Å²) < 4.78 is 18.6. The predicted molar refractivity (Wildman–Crippen MR) is 76.3 cm³/mol. The molecule has 0 aromatic heterocycles. The lowest BCUT2D eigenvalue weighted by molar-refractivity contribution is 0.340. The highest BCUT2D eigenvalue weighted by atomic mass is 35.5. The molecule has 0 radical (unpaired) electrons. The molecule has 0 aliphatic carbocycles. The van der Waals surface area contributed by atoms with Gasteiger partial charge in [0, 0.05) is 23.3 Å². The highest BCUT2D eigenvalue weighted by Gasteiger charge is 2.00. The van der Waals surface area contributed by atoms with Crippen molar-refractivity contribution < 1.29 is 9.13 Å². The first-order chi connectivity index (χ1) is 9.17. The summed E-state index contributed by atoms with van der Waals surface area (Å²) in [6.07, 6.45) is 0. The van der Waals surface area contributed by atoms with E-state index >= 15 is 0 Å². The van der Waals surface area contributed by atoms with Gasteiger partial charge in [0.25, 0.3) is 0 Å². The Balaban J connectivity index is 2.03. The van der Waals surface area contributed by atoms with Gasteiger partial charge in [0.15, 0.2) is 0 Å². The van der Waals surface area contributed by atoms with Crippen LogP contribution in [0.25, 0.3) is 0 Å². The lowest BCUT2D eigenvalue weighted by atomic mass is 10.2. The van der Waals surface area contributed by atoms with Crippen molar-refractivity contribution in [3.05, 3.63) is 58.9 Å². The number of ether oxygens (including phenoxy) is 1. The van der Waals surface area contributed by atoms with Crippen LogP contribution in [0.5, 0.6) is 5.75 Å². The third-order valence-electron chi connectivity index (χ3n) is 2.56. The van der Waals surface area contributed by atoms with E-state index in [1.807, 2.05) is 31.2 Å². The molecule has 100 valence electrons. The third kappa shape index (κ3) is 4.14. The van der Waals surface area contributed by atoms with Crippen molar-refractivity contribution in [2.45, 2.75) is 13.5 Å². The predicted octanol–water partition coefficient (Wildman–Crippen LogP) is 4.49. The van der Waals surface area contributed by atoms with Crippen molar-refractivity contribution >= 4 is 17.3 Å². The Labute approximate surface area is 117 Å². The van der Waals surface area contributed by atoms with E-state index in [0.29, 0.717) is 18.2 Å². The Morgan fingerprint density at radius 2 is 2.05 bits per heavy atom. The Morgan fingerprint density at radius 3 is 2.79 bits per heavy atom. The molecule has 0 saturated heterocycles. The summed E-state index contributed by atoms with van der Waals surface area (Å²) in [6, 6.07) is 12.1. The monoisotopic (exact) mass is 279 g/mol. The molecule has 0 unspecified atom stereocenters. The van der Waals surface area contributed by atoms with Crippen molar-refractivity contribution in [1.82, 2.24) is 0 Å². The summed E-state index contributed by atoms with van der Waals surface area (Å²) in [5.74, 6) is 0.483. The normalized spacial score (nSPS) is 10.3. The van der Waals surface area contributed by atoms with Crippen molar-refractivity contribution in [2.75, 3.05) is 11.9 Å². The van der Waals surface area contributed by atoms with Gasteiger partial charge in [-0.3, -0.25) is 0 Å². The van der Waals surface area contributed by atoms with E-state index in [9.17, 15) is 4.39 Å². The standard InChI is InChI=1S/C15H15ClFNO/c1-2-19-15-5-3-4-14(9-15)18-10-11-6-12(16)8-13(17)7-11/h3-9,18H,2,10H2,1H3. The minimum absolute atomic E-state index is 0.327. The van der Waals surface area contributed by atoms with Crippen LogP contribution in [-0.2, 0) is 6.54 Å². The van der Waals surface area contributed by atoms with Crippen LogP contribution in [0.2, 0.25) is 5.02 Å². The molecule has 0 bridgehead atoms. The molecule has 0 aliphatic heterocycles. The smallest absolute Gasteiger partial charge is 0.125 e. The van der Waals surface area contributed by atoms with Crippen LogP contribution in [-0.4, -0.2) is 6.61 Å². The number of benzene rings is 2. The third-order valence-corrected chi connectivity index (χ3v) is 2.78. The van der Waals surface area contributed by atoms with Crippen LogP contribution in [0.1, 0.15) is 12.5 Å². The number of hydrogen-bond donors (Lipinski definition) is 1. The summed E-state index contributed by atoms with van der Waals surface area (Å²) in [5.41, 5.74) is 1.72. The molecular formula is C15H15ClFNO. The van der Waals surface area contributed by atoms with Crippen molar-refractivity contribution in [3.63, 3.8) is 0 Å². The topological polar surface area (TPSA) is 21.3 Å². The van der Waals surface area contributed by atoms with E-state index in [-0.39, 0.29) is 5.82 Å². The average molecular weight is 280 g/mol. The van der Waals surface area contributed by atoms with Gasteiger partial charge in [0.2, 0.25) is 0 Å². The van der Waals surface area contributed by atoms with Gasteiger partial charge in [-0.15, -0.1) is 0 Å². The Morgan fingerprint density at radius 1 is 1.21 bits per heavy atom. The number of rotatable bonds is 5. The van der Waals surface area contributed by atoms with Crippen molar-refractivity contribution in [1.29, 1.82) is 0 Å². The van der Waals surface area contributed by atoms with Gasteiger partial charge < -0.3 is 10.1 Å². The summed E-state index contributed by atoms with van der Waals surface area (Å²) in [4.78, 5) is 0. The maximum absolute atomic E-state index is 13.2. The number of halogens is 2. The van der Waals surface area contributed by atoms with Crippen LogP contribution in [0.15, 0.2) is 42.5 Å². The van der Waals surface area contributed by atoms with Gasteiger partial charge >= 0.3 is 0 Å². The molecular weight excluding hydrogens is 265 g/mol. The van der Waals surface area contributed by atoms with Crippen LogP contribution >= 0.6 is 11.6 Å². The molecule has 2 nitrogen and oxygen atoms in total. The van der Waals surface area contributed by atoms with E-state index in [1.54, 1.807) is 6.07 Å². The number of hydrogen-bond acceptors (Lipinski definition) is 2. The molecule has 0 aliphatic rings. The van der Waals surface area contributed by atoms with E-state index in [2.05, 4.69) is 5.32 Å². The Bertz CT molecular complexity index is 539. The fourth-order valence-electron chi connectivity index (χ4n) is 1.78. The second-order valence-corrected chi connectivity index (χ2v) is 4.53. The zero-order valence-corrected chi connectivity index (χ0v) is 11.4. The first-order valence-corrected chi connectivity index (χ1v) is 6.47. The molecule has 2 aromatic rings. The van der Waals surface area contributed by atoms with Gasteiger partial charge in [-0.25, -0.2) is 4.39 Å². The van der Waals surface area contributed by atoms with E-state index in [1.165, 1.54) is 12.1 Å². The zero-order chi connectivity index (χ0) is 13.7. The fourth-order valence-corrected chi connectivity index (χ4v) is 2.02.